The van der Waals surface area contributed by atoms with Crippen molar-refractivity contribution in [1.82, 2.24) is 20.5 Å². The minimum Gasteiger partial charge on any atom is -0.393 e. The average Bonchev–Trinajstić information content (AvgIpc) is 3.27. The molecule has 0 radical (unpaired) electrons. The lowest BCUT2D eigenvalue weighted by Gasteiger charge is -2.37. The van der Waals surface area contributed by atoms with E-state index in [1.165, 1.54) is 4.88 Å². The molecule has 3 aromatic rings. The van der Waals surface area contributed by atoms with Gasteiger partial charge in [-0.25, -0.2) is 0 Å². The number of amides is 1. The first kappa shape index (κ1) is 16.9. The van der Waals surface area contributed by atoms with E-state index < -0.39 is 0 Å². The Hall–Kier alpha value is -2.51. The molecule has 26 heavy (non-hydrogen) atoms. The fraction of sp³-hybridized carbons (Fsp3) is 0.316. The minimum atomic E-state index is -0.290. The van der Waals surface area contributed by atoms with Crippen molar-refractivity contribution in [3.63, 3.8) is 0 Å². The van der Waals surface area contributed by atoms with Crippen LogP contribution in [0.4, 0.5) is 0 Å². The summed E-state index contributed by atoms with van der Waals surface area (Å²) in [6.45, 7) is 2.04. The molecular formula is C19H20N4O2S. The van der Waals surface area contributed by atoms with Crippen molar-refractivity contribution in [1.29, 1.82) is 0 Å². The molecule has 0 unspecified atom stereocenters. The van der Waals surface area contributed by atoms with Crippen LogP contribution in [0.3, 0.4) is 0 Å². The maximum Gasteiger partial charge on any atom is 0.272 e. The Morgan fingerprint density at radius 3 is 2.85 bits per heavy atom. The van der Waals surface area contributed by atoms with E-state index in [1.807, 2.05) is 37.3 Å². The zero-order chi connectivity index (χ0) is 18.1. The molecule has 0 bridgehead atoms. The van der Waals surface area contributed by atoms with E-state index in [9.17, 15) is 9.90 Å². The van der Waals surface area contributed by atoms with Crippen LogP contribution in [0.5, 0.6) is 0 Å². The molecule has 1 fully saturated rings. The van der Waals surface area contributed by atoms with Crippen molar-refractivity contribution in [2.45, 2.75) is 31.9 Å². The van der Waals surface area contributed by atoms with Gasteiger partial charge in [-0.05, 0) is 56.0 Å². The predicted molar refractivity (Wildman–Crippen MR) is 99.8 cm³/mol. The number of carbonyl (C=O) groups is 1. The molecule has 3 aromatic heterocycles. The van der Waals surface area contributed by atoms with Crippen LogP contribution in [0.25, 0.3) is 10.6 Å². The number of aryl methyl sites for hydroxylation is 1. The molecule has 1 aliphatic carbocycles. The van der Waals surface area contributed by atoms with Crippen molar-refractivity contribution in [3.8, 4) is 10.6 Å². The molecule has 0 spiro atoms. The third kappa shape index (κ3) is 3.40. The predicted octanol–water partition coefficient (Wildman–Crippen LogP) is 3.08. The highest BCUT2D eigenvalue weighted by molar-refractivity contribution is 7.15. The number of hydrogen-bond donors (Lipinski definition) is 3. The van der Waals surface area contributed by atoms with Gasteiger partial charge in [0.1, 0.15) is 0 Å². The van der Waals surface area contributed by atoms with Gasteiger partial charge in [-0.15, -0.1) is 11.3 Å². The first-order valence-corrected chi connectivity index (χ1v) is 9.44. The average molecular weight is 368 g/mol. The topological polar surface area (TPSA) is 90.9 Å². The van der Waals surface area contributed by atoms with Gasteiger partial charge in [0.2, 0.25) is 0 Å². The summed E-state index contributed by atoms with van der Waals surface area (Å²) in [7, 11) is 0. The second-order valence-electron chi connectivity index (χ2n) is 6.67. The molecule has 0 aliphatic heterocycles. The van der Waals surface area contributed by atoms with Crippen LogP contribution < -0.4 is 5.32 Å². The number of aliphatic hydroxyl groups is 1. The molecule has 0 aromatic carbocycles. The Labute approximate surface area is 155 Å². The highest BCUT2D eigenvalue weighted by Crippen LogP contribution is 2.37. The van der Waals surface area contributed by atoms with Crippen molar-refractivity contribution < 1.29 is 9.90 Å². The monoisotopic (exact) mass is 368 g/mol. The number of hydrogen-bond acceptors (Lipinski definition) is 5. The Bertz CT molecular complexity index is 899. The van der Waals surface area contributed by atoms with Crippen LogP contribution >= 0.6 is 11.3 Å². The summed E-state index contributed by atoms with van der Waals surface area (Å²) in [6.07, 6.45) is 2.76. The fourth-order valence-electron chi connectivity index (χ4n) is 3.25. The number of aromatic nitrogens is 3. The molecule has 3 N–H and O–H groups in total. The summed E-state index contributed by atoms with van der Waals surface area (Å²) in [5.41, 5.74) is 2.00. The molecule has 3 heterocycles. The number of nitrogens with zero attached hydrogens (tertiary/aromatic N) is 2. The van der Waals surface area contributed by atoms with Gasteiger partial charge in [0.25, 0.3) is 5.91 Å². The van der Waals surface area contributed by atoms with Crippen molar-refractivity contribution in [2.24, 2.45) is 5.92 Å². The quantitative estimate of drug-likeness (QED) is 0.645. The van der Waals surface area contributed by atoms with Gasteiger partial charge in [-0.1, -0.05) is 6.07 Å². The normalized spacial score (nSPS) is 20.4. The van der Waals surface area contributed by atoms with E-state index in [1.54, 1.807) is 23.6 Å². The third-order valence-electron chi connectivity index (χ3n) is 4.73. The van der Waals surface area contributed by atoms with Crippen LogP contribution in [0.2, 0.25) is 0 Å². The van der Waals surface area contributed by atoms with E-state index >= 15 is 0 Å². The van der Waals surface area contributed by atoms with Crippen LogP contribution in [0.15, 0.2) is 42.6 Å². The molecule has 4 rings (SSSR count). The zero-order valence-electron chi connectivity index (χ0n) is 14.3. The molecule has 7 heteroatoms. The van der Waals surface area contributed by atoms with E-state index in [2.05, 4.69) is 20.5 Å². The SMILES string of the molecule is Cc1ccc(-c2cc(C(=O)N[C@H](c3ccccn3)C3CC(O)C3)n[nH]2)s1. The summed E-state index contributed by atoms with van der Waals surface area (Å²) >= 11 is 1.65. The van der Waals surface area contributed by atoms with Gasteiger partial charge in [0.15, 0.2) is 5.69 Å². The number of aliphatic hydroxyl groups excluding tert-OH is 1. The molecule has 1 amide bonds. The lowest BCUT2D eigenvalue weighted by molar-refractivity contribution is 0.0227. The Morgan fingerprint density at radius 2 is 2.19 bits per heavy atom. The number of carbonyl (C=O) groups excluding carboxylic acids is 1. The second-order valence-corrected chi connectivity index (χ2v) is 7.96. The smallest absolute Gasteiger partial charge is 0.272 e. The molecule has 1 atom stereocenters. The number of nitrogens with one attached hydrogen (secondary N) is 2. The molecular weight excluding hydrogens is 348 g/mol. The highest BCUT2D eigenvalue weighted by atomic mass is 32.1. The lowest BCUT2D eigenvalue weighted by atomic mass is 9.76. The lowest BCUT2D eigenvalue weighted by Crippen LogP contribution is -2.41. The maximum absolute atomic E-state index is 12.7. The first-order chi connectivity index (χ1) is 12.6. The molecule has 6 nitrogen and oxygen atoms in total. The third-order valence-corrected chi connectivity index (χ3v) is 5.76. The molecule has 0 saturated heterocycles. The minimum absolute atomic E-state index is 0.183. The van der Waals surface area contributed by atoms with Gasteiger partial charge in [-0.3, -0.25) is 14.9 Å². The summed E-state index contributed by atoms with van der Waals surface area (Å²) in [5.74, 6) is -0.0555. The number of aromatic amines is 1. The van der Waals surface area contributed by atoms with Gasteiger partial charge >= 0.3 is 0 Å². The number of thiophene rings is 1. The summed E-state index contributed by atoms with van der Waals surface area (Å²) in [4.78, 5) is 19.4. The van der Waals surface area contributed by atoms with Crippen LogP contribution in [0.1, 0.15) is 39.9 Å². The van der Waals surface area contributed by atoms with E-state index in [0.29, 0.717) is 18.5 Å². The molecule has 134 valence electrons. The summed E-state index contributed by atoms with van der Waals surface area (Å²) in [5, 5.41) is 19.8. The van der Waals surface area contributed by atoms with Crippen molar-refractivity contribution >= 4 is 17.2 Å². The number of H-pyrrole nitrogens is 1. The van der Waals surface area contributed by atoms with E-state index in [4.69, 9.17) is 0 Å². The molecule has 1 aliphatic rings. The van der Waals surface area contributed by atoms with Crippen LogP contribution in [-0.4, -0.2) is 32.3 Å². The summed E-state index contributed by atoms with van der Waals surface area (Å²) in [6, 6.07) is 11.3. The highest BCUT2D eigenvalue weighted by Gasteiger charge is 2.36. The number of rotatable bonds is 5. The summed E-state index contributed by atoms with van der Waals surface area (Å²) < 4.78 is 0. The fourth-order valence-corrected chi connectivity index (χ4v) is 4.09. The Balaban J connectivity index is 1.52. The van der Waals surface area contributed by atoms with Crippen LogP contribution in [0, 0.1) is 12.8 Å². The van der Waals surface area contributed by atoms with Gasteiger partial charge in [-0.2, -0.15) is 5.10 Å². The van der Waals surface area contributed by atoms with E-state index in [0.717, 1.165) is 16.3 Å². The number of pyridine rings is 1. The molecule has 1 saturated carbocycles. The van der Waals surface area contributed by atoms with E-state index in [-0.39, 0.29) is 24.0 Å². The second kappa shape index (κ2) is 7.01. The van der Waals surface area contributed by atoms with Crippen molar-refractivity contribution in [3.05, 3.63) is 58.9 Å². The Morgan fingerprint density at radius 1 is 1.35 bits per heavy atom. The maximum atomic E-state index is 12.7. The zero-order valence-corrected chi connectivity index (χ0v) is 15.2. The van der Waals surface area contributed by atoms with Gasteiger partial charge < -0.3 is 10.4 Å². The van der Waals surface area contributed by atoms with Crippen LogP contribution in [-0.2, 0) is 0 Å². The van der Waals surface area contributed by atoms with Gasteiger partial charge in [0.05, 0.1) is 28.4 Å². The standard InChI is InChI=1S/C19H20N4O2S/c1-11-5-6-17(26-11)15-10-16(23-22-15)19(25)21-18(12-8-13(24)9-12)14-4-2-3-7-20-14/h2-7,10,12-13,18,24H,8-9H2,1H3,(H,21,25)(H,22,23)/t12?,13?,18-/m0/s1. The van der Waals surface area contributed by atoms with Gasteiger partial charge in [0, 0.05) is 11.1 Å². The first-order valence-electron chi connectivity index (χ1n) is 8.62. The largest absolute Gasteiger partial charge is 0.393 e. The Kier molecular flexibility index (Phi) is 4.57. The van der Waals surface area contributed by atoms with Crippen molar-refractivity contribution in [2.75, 3.05) is 0 Å².